The SMILES string of the molecule is COC(CNCc1ccc2ncccc2c1)OC. The minimum absolute atomic E-state index is 0.202. The maximum Gasteiger partial charge on any atom is 0.169 e. The number of nitrogens with zero attached hydrogens (tertiary/aromatic N) is 1. The van der Waals surface area contributed by atoms with E-state index in [4.69, 9.17) is 9.47 Å². The molecule has 1 aromatic heterocycles. The van der Waals surface area contributed by atoms with E-state index in [0.29, 0.717) is 6.54 Å². The molecule has 0 saturated carbocycles. The van der Waals surface area contributed by atoms with Crippen molar-refractivity contribution in [2.75, 3.05) is 20.8 Å². The van der Waals surface area contributed by atoms with E-state index in [1.807, 2.05) is 18.3 Å². The van der Waals surface area contributed by atoms with Crippen molar-refractivity contribution in [3.63, 3.8) is 0 Å². The van der Waals surface area contributed by atoms with Crippen molar-refractivity contribution < 1.29 is 9.47 Å². The van der Waals surface area contributed by atoms with E-state index in [1.165, 1.54) is 5.56 Å². The third-order valence-corrected chi connectivity index (χ3v) is 2.83. The summed E-state index contributed by atoms with van der Waals surface area (Å²) in [5, 5.41) is 4.46. The largest absolute Gasteiger partial charge is 0.355 e. The number of hydrogen-bond donors (Lipinski definition) is 1. The first kappa shape index (κ1) is 13.0. The van der Waals surface area contributed by atoms with Crippen LogP contribution in [0.1, 0.15) is 5.56 Å². The molecule has 1 N–H and O–H groups in total. The Bertz CT molecular complexity index is 498. The van der Waals surface area contributed by atoms with Crippen LogP contribution >= 0.6 is 0 Å². The smallest absolute Gasteiger partial charge is 0.169 e. The maximum atomic E-state index is 5.11. The third kappa shape index (κ3) is 3.26. The lowest BCUT2D eigenvalue weighted by molar-refractivity contribution is -0.0989. The van der Waals surface area contributed by atoms with Crippen LogP contribution in [0.25, 0.3) is 10.9 Å². The van der Waals surface area contributed by atoms with E-state index >= 15 is 0 Å². The minimum atomic E-state index is -0.202. The molecule has 0 aliphatic heterocycles. The van der Waals surface area contributed by atoms with Crippen LogP contribution in [0.2, 0.25) is 0 Å². The van der Waals surface area contributed by atoms with Crippen LogP contribution in [-0.2, 0) is 16.0 Å². The monoisotopic (exact) mass is 246 g/mol. The summed E-state index contributed by atoms with van der Waals surface area (Å²) in [4.78, 5) is 4.30. The van der Waals surface area contributed by atoms with Gasteiger partial charge in [-0.2, -0.15) is 0 Å². The summed E-state index contributed by atoms with van der Waals surface area (Å²) in [5.41, 5.74) is 2.24. The minimum Gasteiger partial charge on any atom is -0.355 e. The molecule has 2 rings (SSSR count). The van der Waals surface area contributed by atoms with Crippen molar-refractivity contribution in [1.29, 1.82) is 0 Å². The van der Waals surface area contributed by atoms with Crippen LogP contribution in [0, 0.1) is 0 Å². The van der Waals surface area contributed by atoms with E-state index in [1.54, 1.807) is 14.2 Å². The molecule has 96 valence electrons. The van der Waals surface area contributed by atoms with Crippen LogP contribution in [0.5, 0.6) is 0 Å². The summed E-state index contributed by atoms with van der Waals surface area (Å²) < 4.78 is 10.2. The molecule has 0 radical (unpaired) electrons. The summed E-state index contributed by atoms with van der Waals surface area (Å²) in [5.74, 6) is 0. The molecule has 4 heteroatoms. The standard InChI is InChI=1S/C14H18N2O2/c1-17-14(18-2)10-15-9-11-5-6-13-12(8-11)4-3-7-16-13/h3-8,14-15H,9-10H2,1-2H3. The first-order valence-electron chi connectivity index (χ1n) is 5.93. The van der Waals surface area contributed by atoms with Gasteiger partial charge in [0.05, 0.1) is 5.52 Å². The normalized spacial score (nSPS) is 11.3. The Hall–Kier alpha value is -1.49. The highest BCUT2D eigenvalue weighted by Crippen LogP contribution is 2.13. The van der Waals surface area contributed by atoms with E-state index < -0.39 is 0 Å². The van der Waals surface area contributed by atoms with Crippen molar-refractivity contribution in [1.82, 2.24) is 10.3 Å². The van der Waals surface area contributed by atoms with Gasteiger partial charge in [0.15, 0.2) is 6.29 Å². The molecule has 4 nitrogen and oxygen atoms in total. The lowest BCUT2D eigenvalue weighted by atomic mass is 10.1. The fourth-order valence-corrected chi connectivity index (χ4v) is 1.83. The number of ether oxygens (including phenoxy) is 2. The Morgan fingerprint density at radius 1 is 1.22 bits per heavy atom. The topological polar surface area (TPSA) is 43.4 Å². The zero-order chi connectivity index (χ0) is 12.8. The average Bonchev–Trinajstić information content (AvgIpc) is 2.43. The van der Waals surface area contributed by atoms with E-state index in [-0.39, 0.29) is 6.29 Å². The molecule has 18 heavy (non-hydrogen) atoms. The second-order valence-corrected chi connectivity index (χ2v) is 4.06. The first-order valence-corrected chi connectivity index (χ1v) is 5.93. The van der Waals surface area contributed by atoms with Crippen molar-refractivity contribution in [2.24, 2.45) is 0 Å². The Kier molecular flexibility index (Phi) is 4.64. The Labute approximate surface area is 107 Å². The van der Waals surface area contributed by atoms with Crippen molar-refractivity contribution in [3.8, 4) is 0 Å². The van der Waals surface area contributed by atoms with Gasteiger partial charge in [-0.25, -0.2) is 0 Å². The second kappa shape index (κ2) is 6.44. The average molecular weight is 246 g/mol. The summed E-state index contributed by atoms with van der Waals surface area (Å²) in [6.45, 7) is 1.45. The zero-order valence-electron chi connectivity index (χ0n) is 10.7. The lowest BCUT2D eigenvalue weighted by Crippen LogP contribution is -2.29. The van der Waals surface area contributed by atoms with Crippen molar-refractivity contribution in [3.05, 3.63) is 42.1 Å². The molecular formula is C14H18N2O2. The van der Waals surface area contributed by atoms with Crippen molar-refractivity contribution in [2.45, 2.75) is 12.8 Å². The van der Waals surface area contributed by atoms with Gasteiger partial charge in [-0.05, 0) is 23.8 Å². The van der Waals surface area contributed by atoms with Gasteiger partial charge in [-0.1, -0.05) is 12.1 Å². The van der Waals surface area contributed by atoms with Gasteiger partial charge < -0.3 is 14.8 Å². The number of benzene rings is 1. The predicted molar refractivity (Wildman–Crippen MR) is 71.3 cm³/mol. The molecule has 0 amide bonds. The molecule has 0 unspecified atom stereocenters. The van der Waals surface area contributed by atoms with Crippen LogP contribution in [-0.4, -0.2) is 32.0 Å². The number of pyridine rings is 1. The highest BCUT2D eigenvalue weighted by molar-refractivity contribution is 5.78. The summed E-state index contributed by atoms with van der Waals surface area (Å²) in [6, 6.07) is 10.3. The van der Waals surface area contributed by atoms with Crippen LogP contribution in [0.15, 0.2) is 36.5 Å². The van der Waals surface area contributed by atoms with Gasteiger partial charge >= 0.3 is 0 Å². The predicted octanol–water partition coefficient (Wildman–Crippen LogP) is 1.94. The Morgan fingerprint density at radius 3 is 2.83 bits per heavy atom. The van der Waals surface area contributed by atoms with Gasteiger partial charge in [0, 0.05) is 38.9 Å². The molecule has 2 aromatic rings. The number of nitrogens with one attached hydrogen (secondary N) is 1. The molecule has 0 aliphatic rings. The van der Waals surface area contributed by atoms with Crippen LogP contribution in [0.3, 0.4) is 0 Å². The zero-order valence-corrected chi connectivity index (χ0v) is 10.7. The van der Waals surface area contributed by atoms with Gasteiger partial charge in [-0.3, -0.25) is 4.98 Å². The Morgan fingerprint density at radius 2 is 2.06 bits per heavy atom. The molecule has 0 saturated heterocycles. The molecule has 0 atom stereocenters. The molecule has 0 aliphatic carbocycles. The summed E-state index contributed by atoms with van der Waals surface area (Å²) in [6.07, 6.45) is 1.61. The van der Waals surface area contributed by atoms with Crippen LogP contribution in [0.4, 0.5) is 0 Å². The fraction of sp³-hybridized carbons (Fsp3) is 0.357. The third-order valence-electron chi connectivity index (χ3n) is 2.83. The Balaban J connectivity index is 1.95. The molecular weight excluding hydrogens is 228 g/mol. The molecule has 0 bridgehead atoms. The highest BCUT2D eigenvalue weighted by atomic mass is 16.7. The first-order chi connectivity index (χ1) is 8.83. The van der Waals surface area contributed by atoms with Gasteiger partial charge in [0.1, 0.15) is 0 Å². The highest BCUT2D eigenvalue weighted by Gasteiger charge is 2.03. The maximum absolute atomic E-state index is 5.11. The van der Waals surface area contributed by atoms with Gasteiger partial charge in [0.25, 0.3) is 0 Å². The summed E-state index contributed by atoms with van der Waals surface area (Å²) in [7, 11) is 3.27. The number of rotatable bonds is 6. The number of hydrogen-bond acceptors (Lipinski definition) is 4. The molecule has 0 spiro atoms. The number of methoxy groups -OCH3 is 2. The molecule has 1 heterocycles. The number of aromatic nitrogens is 1. The van der Waals surface area contributed by atoms with Gasteiger partial charge in [0.2, 0.25) is 0 Å². The van der Waals surface area contributed by atoms with Gasteiger partial charge in [-0.15, -0.1) is 0 Å². The lowest BCUT2D eigenvalue weighted by Gasteiger charge is -2.14. The van der Waals surface area contributed by atoms with Crippen LogP contribution < -0.4 is 5.32 Å². The van der Waals surface area contributed by atoms with E-state index in [9.17, 15) is 0 Å². The fourth-order valence-electron chi connectivity index (χ4n) is 1.83. The summed E-state index contributed by atoms with van der Waals surface area (Å²) >= 11 is 0. The number of fused-ring (bicyclic) bond motifs is 1. The molecule has 0 fully saturated rings. The second-order valence-electron chi connectivity index (χ2n) is 4.06. The molecule has 1 aromatic carbocycles. The van der Waals surface area contributed by atoms with Crippen molar-refractivity contribution >= 4 is 10.9 Å². The van der Waals surface area contributed by atoms with E-state index in [0.717, 1.165) is 17.4 Å². The van der Waals surface area contributed by atoms with E-state index in [2.05, 4.69) is 28.5 Å². The quantitative estimate of drug-likeness (QED) is 0.791.